The number of hydrogen-bond acceptors (Lipinski definition) is 5. The Morgan fingerprint density at radius 2 is 1.83 bits per heavy atom. The van der Waals surface area contributed by atoms with Crippen molar-refractivity contribution in [3.63, 3.8) is 0 Å². The standard InChI is InChI=1S/C26H25F2N5O2/c1-14(2)15-7-4-10-20-23(15)33-24-16(25(34)31-26(33)35)13-18(28)22(30-24)21-17(27)8-5-9-19(21)29-11-6-12-32(20)3/h4-5,7-10,13-14,29H,6,11-12H2,1-3H3,(H,31,34,35). The Kier molecular flexibility index (Phi) is 5.62. The zero-order chi connectivity index (χ0) is 24.9. The van der Waals surface area contributed by atoms with Crippen LogP contribution in [0.4, 0.5) is 20.2 Å². The lowest BCUT2D eigenvalue weighted by Gasteiger charge is -2.26. The lowest BCUT2D eigenvalue weighted by Crippen LogP contribution is -2.32. The molecular weight excluding hydrogens is 452 g/mol. The Balaban J connectivity index is 1.99. The second-order valence-corrected chi connectivity index (χ2v) is 9.02. The van der Waals surface area contributed by atoms with Crippen molar-refractivity contribution < 1.29 is 8.78 Å². The highest BCUT2D eigenvalue weighted by Gasteiger charge is 2.24. The number of pyridine rings is 1. The van der Waals surface area contributed by atoms with Crippen LogP contribution >= 0.6 is 0 Å². The predicted octanol–water partition coefficient (Wildman–Crippen LogP) is 4.39. The van der Waals surface area contributed by atoms with Gasteiger partial charge in [0.25, 0.3) is 5.56 Å². The van der Waals surface area contributed by atoms with E-state index < -0.39 is 22.9 Å². The van der Waals surface area contributed by atoms with E-state index in [-0.39, 0.29) is 28.2 Å². The molecule has 35 heavy (non-hydrogen) atoms. The van der Waals surface area contributed by atoms with Gasteiger partial charge in [0.2, 0.25) is 0 Å². The van der Waals surface area contributed by atoms with Crippen molar-refractivity contribution in [2.75, 3.05) is 30.4 Å². The number of benzene rings is 2. The van der Waals surface area contributed by atoms with Gasteiger partial charge in [0.1, 0.15) is 11.5 Å². The number of nitrogens with one attached hydrogen (secondary N) is 2. The van der Waals surface area contributed by atoms with Crippen LogP contribution in [0.5, 0.6) is 0 Å². The van der Waals surface area contributed by atoms with Crippen LogP contribution in [-0.2, 0) is 0 Å². The number of rotatable bonds is 1. The first-order chi connectivity index (χ1) is 16.8. The average molecular weight is 478 g/mol. The summed E-state index contributed by atoms with van der Waals surface area (Å²) in [5.74, 6) is -1.48. The van der Waals surface area contributed by atoms with Crippen molar-refractivity contribution in [2.45, 2.75) is 26.2 Å². The van der Waals surface area contributed by atoms with Gasteiger partial charge < -0.3 is 10.2 Å². The third kappa shape index (κ3) is 3.77. The molecule has 5 rings (SSSR count). The molecule has 0 unspecified atom stereocenters. The van der Waals surface area contributed by atoms with Gasteiger partial charge in [0.15, 0.2) is 11.5 Å². The van der Waals surface area contributed by atoms with E-state index in [0.717, 1.165) is 17.3 Å². The minimum Gasteiger partial charge on any atom is -0.384 e. The number of halogens is 2. The predicted molar refractivity (Wildman–Crippen MR) is 134 cm³/mol. The first kappa shape index (κ1) is 22.8. The molecule has 3 heterocycles. The maximum absolute atomic E-state index is 15.4. The van der Waals surface area contributed by atoms with Gasteiger partial charge in [0, 0.05) is 25.8 Å². The van der Waals surface area contributed by atoms with E-state index in [0.29, 0.717) is 30.9 Å². The van der Waals surface area contributed by atoms with E-state index >= 15 is 8.78 Å². The highest BCUT2D eigenvalue weighted by Crippen LogP contribution is 2.36. The van der Waals surface area contributed by atoms with Crippen LogP contribution < -0.4 is 21.5 Å². The van der Waals surface area contributed by atoms with E-state index in [1.54, 1.807) is 6.07 Å². The number of aromatic nitrogens is 3. The van der Waals surface area contributed by atoms with Gasteiger partial charge in [-0.25, -0.2) is 23.1 Å². The zero-order valence-corrected chi connectivity index (χ0v) is 19.7. The van der Waals surface area contributed by atoms with E-state index in [9.17, 15) is 9.59 Å². The molecule has 0 saturated heterocycles. The second-order valence-electron chi connectivity index (χ2n) is 9.02. The molecule has 9 heteroatoms. The van der Waals surface area contributed by atoms with Gasteiger partial charge in [-0.3, -0.25) is 9.78 Å². The quantitative estimate of drug-likeness (QED) is 0.425. The number of hydrogen-bond donors (Lipinski definition) is 2. The minimum atomic E-state index is -0.856. The summed E-state index contributed by atoms with van der Waals surface area (Å²) in [5.41, 5.74) is 0.762. The van der Waals surface area contributed by atoms with E-state index in [2.05, 4.69) is 15.3 Å². The summed E-state index contributed by atoms with van der Waals surface area (Å²) in [5, 5.41) is 3.09. The fraction of sp³-hybridized carbons (Fsp3) is 0.269. The highest BCUT2D eigenvalue weighted by molar-refractivity contribution is 5.85. The van der Waals surface area contributed by atoms with Gasteiger partial charge in [0.05, 0.1) is 22.3 Å². The molecule has 7 nitrogen and oxygen atoms in total. The molecular formula is C26H25F2N5O2. The van der Waals surface area contributed by atoms with Crippen molar-refractivity contribution in [3.8, 4) is 16.9 Å². The summed E-state index contributed by atoms with van der Waals surface area (Å²) >= 11 is 0. The molecule has 180 valence electrons. The van der Waals surface area contributed by atoms with Crippen LogP contribution in [0, 0.1) is 11.6 Å². The second kappa shape index (κ2) is 8.65. The van der Waals surface area contributed by atoms with Crippen molar-refractivity contribution in [3.05, 3.63) is 80.5 Å². The molecule has 2 aromatic heterocycles. The van der Waals surface area contributed by atoms with E-state index in [4.69, 9.17) is 0 Å². The zero-order valence-electron chi connectivity index (χ0n) is 19.7. The van der Waals surface area contributed by atoms with Crippen molar-refractivity contribution in [2.24, 2.45) is 0 Å². The van der Waals surface area contributed by atoms with E-state index in [1.807, 2.05) is 44.0 Å². The van der Waals surface area contributed by atoms with Crippen LogP contribution in [0.3, 0.4) is 0 Å². The van der Waals surface area contributed by atoms with Gasteiger partial charge in [-0.15, -0.1) is 0 Å². The molecule has 2 aromatic carbocycles. The van der Waals surface area contributed by atoms with Crippen LogP contribution in [0.15, 0.2) is 52.1 Å². The summed E-state index contributed by atoms with van der Waals surface area (Å²) in [6.07, 6.45) is 0.696. The number of anilines is 2. The van der Waals surface area contributed by atoms with Gasteiger partial charge in [-0.05, 0) is 42.2 Å². The molecule has 0 fully saturated rings. The molecule has 0 spiro atoms. The Bertz CT molecular complexity index is 1580. The average Bonchev–Trinajstić information content (AvgIpc) is 2.82. The number of H-pyrrole nitrogens is 1. The topological polar surface area (TPSA) is 83.0 Å². The SMILES string of the molecule is CC(C)c1cccc2c1-n1c(=O)[nH]c(=O)c3cc(F)c(nc31)-c1c(F)cccc1NCCCN2C. The van der Waals surface area contributed by atoms with Crippen molar-refractivity contribution in [1.82, 2.24) is 14.5 Å². The first-order valence-corrected chi connectivity index (χ1v) is 11.5. The first-order valence-electron chi connectivity index (χ1n) is 11.5. The molecule has 0 radical (unpaired) electrons. The lowest BCUT2D eigenvalue weighted by molar-refractivity contribution is 0.613. The maximum atomic E-state index is 15.4. The Hall–Kier alpha value is -4.01. The maximum Gasteiger partial charge on any atom is 0.334 e. The van der Waals surface area contributed by atoms with Crippen LogP contribution in [-0.4, -0.2) is 34.7 Å². The minimum absolute atomic E-state index is 0.0302. The summed E-state index contributed by atoms with van der Waals surface area (Å²) < 4.78 is 31.7. The van der Waals surface area contributed by atoms with Crippen LogP contribution in [0.2, 0.25) is 0 Å². The Labute approximate surface area is 200 Å². The van der Waals surface area contributed by atoms with Gasteiger partial charge >= 0.3 is 5.69 Å². The summed E-state index contributed by atoms with van der Waals surface area (Å²) in [6, 6.07) is 11.2. The third-order valence-corrected chi connectivity index (χ3v) is 6.37. The molecule has 2 N–H and O–H groups in total. The van der Waals surface area contributed by atoms with Crippen LogP contribution in [0.1, 0.15) is 31.7 Å². The summed E-state index contributed by atoms with van der Waals surface area (Å²) in [7, 11) is 1.92. The molecule has 0 amide bonds. The fourth-order valence-electron chi connectivity index (χ4n) is 4.65. The normalized spacial score (nSPS) is 13.6. The lowest BCUT2D eigenvalue weighted by atomic mass is 9.99. The largest absolute Gasteiger partial charge is 0.384 e. The molecule has 0 saturated carbocycles. The van der Waals surface area contributed by atoms with Crippen molar-refractivity contribution in [1.29, 1.82) is 0 Å². The molecule has 2 bridgehead atoms. The highest BCUT2D eigenvalue weighted by atomic mass is 19.1. The Morgan fingerprint density at radius 3 is 2.60 bits per heavy atom. The molecule has 0 atom stereocenters. The number of para-hydroxylation sites is 1. The Morgan fingerprint density at radius 1 is 1.06 bits per heavy atom. The molecule has 0 aliphatic carbocycles. The molecule has 4 aromatic rings. The van der Waals surface area contributed by atoms with Gasteiger partial charge in [-0.1, -0.05) is 32.0 Å². The fourth-order valence-corrected chi connectivity index (χ4v) is 4.65. The summed E-state index contributed by atoms with van der Waals surface area (Å²) in [4.78, 5) is 34.8. The van der Waals surface area contributed by atoms with Crippen LogP contribution in [0.25, 0.3) is 28.0 Å². The number of aromatic amines is 1. The molecule has 1 aliphatic rings. The number of nitrogens with zero attached hydrogens (tertiary/aromatic N) is 3. The monoisotopic (exact) mass is 477 g/mol. The molecule has 1 aliphatic heterocycles. The smallest absolute Gasteiger partial charge is 0.334 e. The summed E-state index contributed by atoms with van der Waals surface area (Å²) in [6.45, 7) is 5.15. The third-order valence-electron chi connectivity index (χ3n) is 6.37. The van der Waals surface area contributed by atoms with Gasteiger partial charge in [-0.2, -0.15) is 0 Å². The van der Waals surface area contributed by atoms with Crippen molar-refractivity contribution >= 4 is 22.4 Å². The number of fused-ring (bicyclic) bond motifs is 5. The van der Waals surface area contributed by atoms with E-state index in [1.165, 1.54) is 16.7 Å².